The summed E-state index contributed by atoms with van der Waals surface area (Å²) < 4.78 is 5.61. The molecular weight excluding hydrogens is 360 g/mol. The van der Waals surface area contributed by atoms with Crippen molar-refractivity contribution in [1.29, 1.82) is 0 Å². The van der Waals surface area contributed by atoms with Gasteiger partial charge in [-0.3, -0.25) is 4.98 Å². The number of hydrogen-bond donors (Lipinski definition) is 2. The Morgan fingerprint density at radius 1 is 1.22 bits per heavy atom. The van der Waals surface area contributed by atoms with E-state index in [1.165, 1.54) is 24.8 Å². The third-order valence-electron chi connectivity index (χ3n) is 4.26. The second-order valence-electron chi connectivity index (χ2n) is 6.47. The molecule has 0 aliphatic carbocycles. The average molecular weight is 393 g/mol. The molecule has 0 amide bonds. The van der Waals surface area contributed by atoms with Crippen molar-refractivity contribution >= 4 is 11.6 Å². The van der Waals surface area contributed by atoms with Crippen LogP contribution >= 0.6 is 11.6 Å². The highest BCUT2D eigenvalue weighted by Crippen LogP contribution is 2.16. The third-order valence-corrected chi connectivity index (χ3v) is 4.26. The van der Waals surface area contributed by atoms with Gasteiger partial charge in [-0.05, 0) is 50.8 Å². The van der Waals surface area contributed by atoms with Crippen LogP contribution in [0.3, 0.4) is 0 Å². The number of rotatable bonds is 7. The zero-order chi connectivity index (χ0) is 19.7. The number of pyridine rings is 1. The van der Waals surface area contributed by atoms with Gasteiger partial charge in [-0.25, -0.2) is 0 Å². The van der Waals surface area contributed by atoms with Crippen LogP contribution in [0.25, 0.3) is 0 Å². The van der Waals surface area contributed by atoms with E-state index < -0.39 is 6.10 Å². The number of aliphatic hydroxyl groups is 1. The number of halogens is 1. The predicted molar refractivity (Wildman–Crippen MR) is 113 cm³/mol. The molecule has 4 nitrogen and oxygen atoms in total. The normalized spacial score (nSPS) is 16.5. The van der Waals surface area contributed by atoms with Crippen LogP contribution in [0.5, 0.6) is 0 Å². The average Bonchev–Trinajstić information content (AvgIpc) is 3.24. The lowest BCUT2D eigenvalue weighted by atomic mass is 10.1. The van der Waals surface area contributed by atoms with Crippen molar-refractivity contribution in [3.8, 4) is 0 Å². The molecule has 1 aromatic carbocycles. The molecule has 1 aliphatic heterocycles. The molecule has 2 heterocycles. The number of alkyl halides is 1. The van der Waals surface area contributed by atoms with Gasteiger partial charge in [0.2, 0.25) is 0 Å². The highest BCUT2D eigenvalue weighted by Gasteiger charge is 2.13. The van der Waals surface area contributed by atoms with Crippen molar-refractivity contribution in [3.05, 3.63) is 66.0 Å². The number of aliphatic hydroxyl groups excluding tert-OH is 1. The van der Waals surface area contributed by atoms with Gasteiger partial charge in [0.25, 0.3) is 0 Å². The zero-order valence-corrected chi connectivity index (χ0v) is 17.2. The number of benzene rings is 1. The summed E-state index contributed by atoms with van der Waals surface area (Å²) >= 11 is 4.64. The van der Waals surface area contributed by atoms with E-state index in [2.05, 4.69) is 41.0 Å². The summed E-state index contributed by atoms with van der Waals surface area (Å²) in [6.45, 7) is 4.71. The first-order chi connectivity index (χ1) is 13.3. The number of hydrogen-bond acceptors (Lipinski definition) is 4. The van der Waals surface area contributed by atoms with Gasteiger partial charge in [0.15, 0.2) is 0 Å². The van der Waals surface area contributed by atoms with Crippen LogP contribution < -0.4 is 5.32 Å². The van der Waals surface area contributed by atoms with Gasteiger partial charge in [0, 0.05) is 31.4 Å². The van der Waals surface area contributed by atoms with Crippen molar-refractivity contribution in [2.75, 3.05) is 26.1 Å². The molecule has 0 spiro atoms. The molecule has 1 aliphatic rings. The summed E-state index contributed by atoms with van der Waals surface area (Å²) in [5.74, 6) is 0. The smallest absolute Gasteiger partial charge is 0.0805 e. The Balaban J connectivity index is 0.000000338. The molecule has 1 saturated heterocycles. The van der Waals surface area contributed by atoms with Gasteiger partial charge in [0.05, 0.1) is 12.7 Å². The minimum Gasteiger partial charge on any atom is -0.388 e. The molecule has 2 aromatic rings. The molecule has 150 valence electrons. The van der Waals surface area contributed by atoms with Gasteiger partial charge in [-0.15, -0.1) is 11.6 Å². The van der Waals surface area contributed by atoms with Crippen molar-refractivity contribution in [1.82, 2.24) is 10.3 Å². The SMILES string of the molecule is CCl.Cc1ccccc1.OC(CCCOCC1CCCN1)c1cccnc1. The Bertz CT molecular complexity index is 563. The Labute approximate surface area is 168 Å². The van der Waals surface area contributed by atoms with Crippen LogP contribution in [-0.2, 0) is 4.74 Å². The largest absolute Gasteiger partial charge is 0.388 e. The molecular formula is C22H33ClN2O2. The molecule has 0 bridgehead atoms. The summed E-state index contributed by atoms with van der Waals surface area (Å²) in [7, 11) is 0. The minimum atomic E-state index is -0.424. The zero-order valence-electron chi connectivity index (χ0n) is 16.5. The maximum atomic E-state index is 9.92. The number of nitrogens with one attached hydrogen (secondary N) is 1. The lowest BCUT2D eigenvalue weighted by Gasteiger charge is -2.12. The Morgan fingerprint density at radius 3 is 2.56 bits per heavy atom. The van der Waals surface area contributed by atoms with Crippen LogP contribution in [0.15, 0.2) is 54.9 Å². The van der Waals surface area contributed by atoms with Crippen molar-refractivity contribution in [3.63, 3.8) is 0 Å². The van der Waals surface area contributed by atoms with Crippen molar-refractivity contribution < 1.29 is 9.84 Å². The second kappa shape index (κ2) is 15.6. The van der Waals surface area contributed by atoms with Gasteiger partial charge < -0.3 is 15.2 Å². The minimum absolute atomic E-state index is 0.424. The van der Waals surface area contributed by atoms with Crippen molar-refractivity contribution in [2.45, 2.75) is 44.8 Å². The predicted octanol–water partition coefficient (Wildman–Crippen LogP) is 4.51. The lowest BCUT2D eigenvalue weighted by molar-refractivity contribution is 0.0950. The monoisotopic (exact) mass is 392 g/mol. The Morgan fingerprint density at radius 2 is 2.00 bits per heavy atom. The third kappa shape index (κ3) is 11.1. The van der Waals surface area contributed by atoms with E-state index in [1.54, 1.807) is 12.4 Å². The van der Waals surface area contributed by atoms with Crippen LogP contribution in [0, 0.1) is 6.92 Å². The van der Waals surface area contributed by atoms with Crippen molar-refractivity contribution in [2.24, 2.45) is 0 Å². The van der Waals surface area contributed by atoms with Crippen LogP contribution in [-0.4, -0.2) is 42.3 Å². The molecule has 2 atom stereocenters. The van der Waals surface area contributed by atoms with Gasteiger partial charge in [-0.2, -0.15) is 0 Å². The molecule has 2 unspecified atom stereocenters. The standard InChI is InChI=1S/C14H22N2O2.C7H8.CH3Cl/c17-14(12-4-1-7-15-10-12)6-3-9-18-11-13-5-2-8-16-13;1-7-5-3-2-4-6-7;1-2/h1,4,7,10,13-14,16-17H,2-3,5-6,8-9,11H2;2-6H,1H3;1H3. The van der Waals surface area contributed by atoms with E-state index in [0.717, 1.165) is 38.2 Å². The topological polar surface area (TPSA) is 54.4 Å². The van der Waals surface area contributed by atoms with E-state index in [9.17, 15) is 5.11 Å². The number of ether oxygens (including phenoxy) is 1. The first kappa shape index (κ1) is 23.6. The van der Waals surface area contributed by atoms with Crippen LogP contribution in [0.4, 0.5) is 0 Å². The second-order valence-corrected chi connectivity index (χ2v) is 6.47. The highest BCUT2D eigenvalue weighted by molar-refractivity contribution is 6.15. The number of aromatic nitrogens is 1. The molecule has 27 heavy (non-hydrogen) atoms. The first-order valence-electron chi connectivity index (χ1n) is 9.54. The maximum absolute atomic E-state index is 9.92. The van der Waals surface area contributed by atoms with E-state index in [-0.39, 0.29) is 0 Å². The molecule has 2 N–H and O–H groups in total. The fraction of sp³-hybridized carbons (Fsp3) is 0.500. The summed E-state index contributed by atoms with van der Waals surface area (Å²) in [4.78, 5) is 4.00. The quantitative estimate of drug-likeness (QED) is 0.537. The first-order valence-corrected chi connectivity index (χ1v) is 10.3. The van der Waals surface area contributed by atoms with Crippen LogP contribution in [0.2, 0.25) is 0 Å². The lowest BCUT2D eigenvalue weighted by Crippen LogP contribution is -2.26. The van der Waals surface area contributed by atoms with Gasteiger partial charge in [-0.1, -0.05) is 42.0 Å². The Kier molecular flexibility index (Phi) is 13.6. The van der Waals surface area contributed by atoms with E-state index in [0.29, 0.717) is 6.04 Å². The maximum Gasteiger partial charge on any atom is 0.0805 e. The molecule has 1 aromatic heterocycles. The molecule has 0 saturated carbocycles. The molecule has 0 radical (unpaired) electrons. The fourth-order valence-corrected chi connectivity index (χ4v) is 2.78. The highest BCUT2D eigenvalue weighted by atomic mass is 35.5. The molecule has 1 fully saturated rings. The summed E-state index contributed by atoms with van der Waals surface area (Å²) in [5, 5.41) is 13.3. The van der Waals surface area contributed by atoms with E-state index >= 15 is 0 Å². The Hall–Kier alpha value is -1.46. The van der Waals surface area contributed by atoms with E-state index in [4.69, 9.17) is 4.74 Å². The number of nitrogens with zero attached hydrogens (tertiary/aromatic N) is 1. The molecule has 5 heteroatoms. The van der Waals surface area contributed by atoms with Crippen LogP contribution in [0.1, 0.15) is 42.9 Å². The summed E-state index contributed by atoms with van der Waals surface area (Å²) in [5.41, 5.74) is 2.21. The number of aryl methyl sites for hydroxylation is 1. The van der Waals surface area contributed by atoms with Gasteiger partial charge in [0.1, 0.15) is 0 Å². The molecule has 3 rings (SSSR count). The summed E-state index contributed by atoms with van der Waals surface area (Å²) in [6, 6.07) is 14.5. The fourth-order valence-electron chi connectivity index (χ4n) is 2.78. The summed E-state index contributed by atoms with van der Waals surface area (Å²) in [6.07, 6.45) is 8.56. The van der Waals surface area contributed by atoms with Gasteiger partial charge >= 0.3 is 0 Å². The van der Waals surface area contributed by atoms with E-state index in [1.807, 2.05) is 30.3 Å².